The second kappa shape index (κ2) is 6.71. The second-order valence-corrected chi connectivity index (χ2v) is 7.63. The summed E-state index contributed by atoms with van der Waals surface area (Å²) in [6, 6.07) is 8.20. The van der Waals surface area contributed by atoms with Crippen LogP contribution in [-0.2, 0) is 0 Å². The first kappa shape index (κ1) is 16.0. The zero-order valence-electron chi connectivity index (χ0n) is 14.0. The highest BCUT2D eigenvalue weighted by Gasteiger charge is 2.26. The van der Waals surface area contributed by atoms with Crippen LogP contribution in [0, 0.1) is 6.92 Å². The molecule has 1 aliphatic heterocycles. The van der Waals surface area contributed by atoms with Crippen LogP contribution in [-0.4, -0.2) is 43.0 Å². The smallest absolute Gasteiger partial charge is 0.263 e. The van der Waals surface area contributed by atoms with E-state index in [1.54, 1.807) is 11.3 Å². The molecule has 0 radical (unpaired) electrons. The van der Waals surface area contributed by atoms with Crippen LogP contribution in [0.3, 0.4) is 0 Å². The van der Waals surface area contributed by atoms with Gasteiger partial charge in [-0.3, -0.25) is 4.79 Å². The third-order valence-electron chi connectivity index (χ3n) is 4.36. The van der Waals surface area contributed by atoms with E-state index in [4.69, 9.17) is 0 Å². The van der Waals surface area contributed by atoms with Gasteiger partial charge in [-0.2, -0.15) is 0 Å². The third kappa shape index (κ3) is 3.55. The molecule has 0 aliphatic carbocycles. The topological polar surface area (TPSA) is 36.4 Å². The molecule has 5 heteroatoms. The van der Waals surface area contributed by atoms with Crippen molar-refractivity contribution in [1.29, 1.82) is 0 Å². The molecule has 1 fully saturated rings. The van der Waals surface area contributed by atoms with Crippen LogP contribution in [0.1, 0.15) is 38.9 Å². The van der Waals surface area contributed by atoms with Crippen molar-refractivity contribution in [3.05, 3.63) is 45.8 Å². The number of aromatic nitrogens is 1. The maximum atomic E-state index is 12.7. The molecule has 122 valence electrons. The fraction of sp³-hybridized carbons (Fsp3) is 0.444. The number of hydrogen-bond donors (Lipinski definition) is 0. The van der Waals surface area contributed by atoms with Gasteiger partial charge in [0.2, 0.25) is 0 Å². The molecule has 0 bridgehead atoms. The van der Waals surface area contributed by atoms with E-state index in [1.807, 2.05) is 49.1 Å². The summed E-state index contributed by atoms with van der Waals surface area (Å²) in [4.78, 5) is 23.1. The largest absolute Gasteiger partial charge is 0.363 e. The van der Waals surface area contributed by atoms with Gasteiger partial charge in [0.05, 0.1) is 4.88 Å². The van der Waals surface area contributed by atoms with Crippen molar-refractivity contribution in [2.75, 3.05) is 32.1 Å². The number of likely N-dealkylation sites (tertiary alicyclic amines) is 1. The summed E-state index contributed by atoms with van der Waals surface area (Å²) in [5.41, 5.74) is 1.28. The van der Waals surface area contributed by atoms with Crippen molar-refractivity contribution < 1.29 is 4.79 Å². The van der Waals surface area contributed by atoms with Crippen LogP contribution in [0.2, 0.25) is 0 Å². The van der Waals surface area contributed by atoms with Gasteiger partial charge < -0.3 is 9.80 Å². The Morgan fingerprint density at radius 1 is 1.35 bits per heavy atom. The fourth-order valence-corrected chi connectivity index (χ4v) is 3.91. The van der Waals surface area contributed by atoms with Crippen molar-refractivity contribution in [2.24, 2.45) is 0 Å². The second-order valence-electron chi connectivity index (χ2n) is 6.34. The summed E-state index contributed by atoms with van der Waals surface area (Å²) in [5.74, 6) is 1.55. The van der Waals surface area contributed by atoms with Crippen molar-refractivity contribution in [1.82, 2.24) is 9.88 Å². The van der Waals surface area contributed by atoms with E-state index in [-0.39, 0.29) is 5.91 Å². The number of pyridine rings is 1. The first-order valence-electron chi connectivity index (χ1n) is 8.03. The molecule has 0 aromatic carbocycles. The minimum Gasteiger partial charge on any atom is -0.363 e. The molecule has 3 heterocycles. The summed E-state index contributed by atoms with van der Waals surface area (Å²) >= 11 is 1.59. The van der Waals surface area contributed by atoms with Gasteiger partial charge in [-0.05, 0) is 49.6 Å². The minimum absolute atomic E-state index is 0.176. The summed E-state index contributed by atoms with van der Waals surface area (Å²) in [6.07, 6.45) is 4.05. The van der Waals surface area contributed by atoms with Gasteiger partial charge in [-0.15, -0.1) is 11.3 Å². The molecule has 3 rings (SSSR count). The molecule has 0 spiro atoms. The molecule has 4 nitrogen and oxygen atoms in total. The highest BCUT2D eigenvalue weighted by molar-refractivity contribution is 7.13. The summed E-state index contributed by atoms with van der Waals surface area (Å²) < 4.78 is 0. The van der Waals surface area contributed by atoms with Crippen LogP contribution in [0.25, 0.3) is 0 Å². The summed E-state index contributed by atoms with van der Waals surface area (Å²) in [6.45, 7) is 3.70. The highest BCUT2D eigenvalue weighted by atomic mass is 32.1. The molecule has 1 unspecified atom stereocenters. The number of nitrogens with zero attached hydrogens (tertiary/aromatic N) is 3. The molecule has 1 aliphatic rings. The molecule has 2 aromatic rings. The number of aryl methyl sites for hydroxylation is 1. The maximum absolute atomic E-state index is 12.7. The lowest BCUT2D eigenvalue weighted by Crippen LogP contribution is -2.38. The Morgan fingerprint density at radius 2 is 2.17 bits per heavy atom. The number of anilines is 1. The van der Waals surface area contributed by atoms with Crippen molar-refractivity contribution in [3.63, 3.8) is 0 Å². The fourth-order valence-electron chi connectivity index (χ4n) is 3.07. The predicted molar refractivity (Wildman–Crippen MR) is 95.5 cm³/mol. The van der Waals surface area contributed by atoms with Crippen molar-refractivity contribution >= 4 is 23.1 Å². The van der Waals surface area contributed by atoms with Gasteiger partial charge in [0, 0.05) is 44.2 Å². The van der Waals surface area contributed by atoms with Crippen LogP contribution < -0.4 is 4.90 Å². The molecular formula is C18H23N3OS. The number of amides is 1. The average Bonchev–Trinajstić information content (AvgIpc) is 3.01. The lowest BCUT2D eigenvalue weighted by Gasteiger charge is -2.33. The first-order valence-corrected chi connectivity index (χ1v) is 8.85. The Balaban J connectivity index is 1.75. The molecule has 1 saturated heterocycles. The van der Waals surface area contributed by atoms with Crippen LogP contribution >= 0.6 is 11.3 Å². The SMILES string of the molecule is Cc1ccc(C(=O)N2CCCC(c3ccnc(N(C)C)c3)C2)s1. The third-order valence-corrected chi connectivity index (χ3v) is 5.35. The van der Waals surface area contributed by atoms with E-state index in [0.717, 1.165) is 36.6 Å². The highest BCUT2D eigenvalue weighted by Crippen LogP contribution is 2.29. The van der Waals surface area contributed by atoms with Gasteiger partial charge in [0.25, 0.3) is 5.91 Å². The Hall–Kier alpha value is -1.88. The number of piperidine rings is 1. The Morgan fingerprint density at radius 3 is 2.87 bits per heavy atom. The standard InChI is InChI=1S/C18H23N3OS/c1-13-6-7-16(23-13)18(22)21-10-4-5-15(12-21)14-8-9-19-17(11-14)20(2)3/h6-9,11,15H,4-5,10,12H2,1-3H3. The quantitative estimate of drug-likeness (QED) is 0.864. The van der Waals surface area contributed by atoms with E-state index in [1.165, 1.54) is 10.4 Å². The average molecular weight is 329 g/mol. The number of hydrogen-bond acceptors (Lipinski definition) is 4. The van der Waals surface area contributed by atoms with E-state index < -0.39 is 0 Å². The zero-order chi connectivity index (χ0) is 16.4. The molecule has 1 amide bonds. The normalized spacial score (nSPS) is 18.0. The van der Waals surface area contributed by atoms with Crippen LogP contribution in [0.5, 0.6) is 0 Å². The van der Waals surface area contributed by atoms with Crippen LogP contribution in [0.15, 0.2) is 30.5 Å². The number of carbonyl (C=O) groups is 1. The van der Waals surface area contributed by atoms with Gasteiger partial charge in [0.1, 0.15) is 5.82 Å². The van der Waals surface area contributed by atoms with Crippen molar-refractivity contribution in [3.8, 4) is 0 Å². The monoisotopic (exact) mass is 329 g/mol. The van der Waals surface area contributed by atoms with Gasteiger partial charge in [-0.1, -0.05) is 0 Å². The van der Waals surface area contributed by atoms with E-state index >= 15 is 0 Å². The Bertz CT molecular complexity index is 695. The molecule has 2 aromatic heterocycles. The van der Waals surface area contributed by atoms with Gasteiger partial charge >= 0.3 is 0 Å². The van der Waals surface area contributed by atoms with Crippen LogP contribution in [0.4, 0.5) is 5.82 Å². The van der Waals surface area contributed by atoms with E-state index in [0.29, 0.717) is 5.92 Å². The van der Waals surface area contributed by atoms with E-state index in [2.05, 4.69) is 17.1 Å². The van der Waals surface area contributed by atoms with Crippen molar-refractivity contribution in [2.45, 2.75) is 25.7 Å². The molecule has 0 saturated carbocycles. The van der Waals surface area contributed by atoms with Gasteiger partial charge in [-0.25, -0.2) is 4.98 Å². The number of rotatable bonds is 3. The summed E-state index contributed by atoms with van der Waals surface area (Å²) in [7, 11) is 4.00. The molecular weight excluding hydrogens is 306 g/mol. The van der Waals surface area contributed by atoms with E-state index in [9.17, 15) is 4.79 Å². The predicted octanol–water partition coefficient (Wildman–Crippen LogP) is 3.54. The van der Waals surface area contributed by atoms with Gasteiger partial charge in [0.15, 0.2) is 0 Å². The minimum atomic E-state index is 0.176. The summed E-state index contributed by atoms with van der Waals surface area (Å²) in [5, 5.41) is 0. The molecule has 0 N–H and O–H groups in total. The number of carbonyl (C=O) groups excluding carboxylic acids is 1. The Kier molecular flexibility index (Phi) is 4.66. The molecule has 23 heavy (non-hydrogen) atoms. The number of thiophene rings is 1. The lowest BCUT2D eigenvalue weighted by molar-refractivity contribution is 0.0712. The Labute approximate surface area is 141 Å². The first-order chi connectivity index (χ1) is 11.0. The molecule has 1 atom stereocenters. The lowest BCUT2D eigenvalue weighted by atomic mass is 9.91. The maximum Gasteiger partial charge on any atom is 0.263 e. The zero-order valence-corrected chi connectivity index (χ0v) is 14.8.